The molecule has 2 rings (SSSR count). The fourth-order valence-corrected chi connectivity index (χ4v) is 2.34. The summed E-state index contributed by atoms with van der Waals surface area (Å²) < 4.78 is 1.02. The van der Waals surface area contributed by atoms with Gasteiger partial charge in [0.25, 0.3) is 5.56 Å². The highest BCUT2D eigenvalue weighted by Crippen LogP contribution is 2.03. The first-order chi connectivity index (χ1) is 11.5. The van der Waals surface area contributed by atoms with Crippen LogP contribution in [-0.2, 0) is 16.1 Å². The number of likely N-dealkylation sites (N-methyl/N-ethyl adjacent to an activating group) is 2. The fourth-order valence-electron chi connectivity index (χ4n) is 2.34. The van der Waals surface area contributed by atoms with Crippen LogP contribution in [0.2, 0.25) is 0 Å². The van der Waals surface area contributed by atoms with Gasteiger partial charge in [-0.1, -0.05) is 17.3 Å². The van der Waals surface area contributed by atoms with Gasteiger partial charge in [0.05, 0.1) is 11.9 Å². The molecule has 0 saturated heterocycles. The van der Waals surface area contributed by atoms with E-state index in [4.69, 9.17) is 0 Å². The van der Waals surface area contributed by atoms with Crippen molar-refractivity contribution in [2.75, 3.05) is 26.7 Å². The molecule has 0 saturated carbocycles. The third-order valence-corrected chi connectivity index (χ3v) is 3.83. The second kappa shape index (κ2) is 7.67. The molecule has 24 heavy (non-hydrogen) atoms. The minimum Gasteiger partial charge on any atom is -0.342 e. The number of carbonyl (C=O) groups excluding carboxylic acids is 2. The molecule has 0 aliphatic heterocycles. The second-order valence-electron chi connectivity index (χ2n) is 5.39. The zero-order valence-electron chi connectivity index (χ0n) is 14.1. The average Bonchev–Trinajstić information content (AvgIpc) is 2.58. The predicted octanol–water partition coefficient (Wildman–Crippen LogP) is 0.118. The summed E-state index contributed by atoms with van der Waals surface area (Å²) in [7, 11) is 1.53. The molecule has 0 atom stereocenters. The Morgan fingerprint density at radius 3 is 2.46 bits per heavy atom. The second-order valence-corrected chi connectivity index (χ2v) is 5.39. The van der Waals surface area contributed by atoms with Gasteiger partial charge in [-0.25, -0.2) is 4.68 Å². The fraction of sp³-hybridized carbons (Fsp3) is 0.438. The van der Waals surface area contributed by atoms with Gasteiger partial charge in [0.2, 0.25) is 11.8 Å². The number of hydrogen-bond donors (Lipinski definition) is 0. The highest BCUT2D eigenvalue weighted by molar-refractivity contribution is 5.84. The third-order valence-electron chi connectivity index (χ3n) is 3.83. The van der Waals surface area contributed by atoms with E-state index in [0.717, 1.165) is 4.68 Å². The molecule has 0 N–H and O–H groups in total. The third kappa shape index (κ3) is 3.76. The van der Waals surface area contributed by atoms with E-state index in [0.29, 0.717) is 24.0 Å². The van der Waals surface area contributed by atoms with Crippen LogP contribution in [0.3, 0.4) is 0 Å². The lowest BCUT2D eigenvalue weighted by molar-refractivity contribution is -0.139. The van der Waals surface area contributed by atoms with Gasteiger partial charge in [-0.3, -0.25) is 14.4 Å². The van der Waals surface area contributed by atoms with E-state index < -0.39 is 0 Å². The molecule has 8 nitrogen and oxygen atoms in total. The maximum Gasteiger partial charge on any atom is 0.278 e. The molecule has 0 aliphatic rings. The van der Waals surface area contributed by atoms with Crippen molar-refractivity contribution in [3.05, 3.63) is 34.6 Å². The van der Waals surface area contributed by atoms with Crippen molar-refractivity contribution in [2.24, 2.45) is 0 Å². The largest absolute Gasteiger partial charge is 0.342 e. The minimum absolute atomic E-state index is 0.0315. The van der Waals surface area contributed by atoms with Crippen LogP contribution in [0.4, 0.5) is 0 Å². The number of aromatic nitrogens is 3. The van der Waals surface area contributed by atoms with E-state index in [-0.39, 0.29) is 30.5 Å². The van der Waals surface area contributed by atoms with Crippen LogP contribution in [0.1, 0.15) is 13.8 Å². The Hall–Kier alpha value is -2.77. The summed E-state index contributed by atoms with van der Waals surface area (Å²) >= 11 is 0. The summed E-state index contributed by atoms with van der Waals surface area (Å²) in [5, 5.41) is 8.13. The summed E-state index contributed by atoms with van der Waals surface area (Å²) in [5.41, 5.74) is 0.105. The highest BCUT2D eigenvalue weighted by Gasteiger charge is 2.18. The van der Waals surface area contributed by atoms with Crippen molar-refractivity contribution in [1.82, 2.24) is 24.8 Å². The number of amides is 2. The van der Waals surface area contributed by atoms with E-state index in [1.54, 1.807) is 29.2 Å². The van der Waals surface area contributed by atoms with Gasteiger partial charge >= 0.3 is 0 Å². The molecular formula is C16H21N5O3. The topological polar surface area (TPSA) is 88.4 Å². The number of benzene rings is 1. The molecule has 0 fully saturated rings. The monoisotopic (exact) mass is 331 g/mol. The van der Waals surface area contributed by atoms with Gasteiger partial charge in [0.1, 0.15) is 12.1 Å². The molecule has 2 aromatic rings. The van der Waals surface area contributed by atoms with Crippen LogP contribution in [-0.4, -0.2) is 63.3 Å². The van der Waals surface area contributed by atoms with Crippen LogP contribution in [0.15, 0.2) is 29.1 Å². The normalized spacial score (nSPS) is 10.6. The Balaban J connectivity index is 2.10. The number of nitrogens with zero attached hydrogens (tertiary/aromatic N) is 5. The first-order valence-corrected chi connectivity index (χ1v) is 7.82. The first-order valence-electron chi connectivity index (χ1n) is 7.82. The lowest BCUT2D eigenvalue weighted by Gasteiger charge is -2.23. The van der Waals surface area contributed by atoms with Crippen molar-refractivity contribution >= 4 is 22.7 Å². The molecule has 0 spiro atoms. The smallest absolute Gasteiger partial charge is 0.278 e. The summed E-state index contributed by atoms with van der Waals surface area (Å²) in [6, 6.07) is 6.82. The highest BCUT2D eigenvalue weighted by atomic mass is 16.2. The first kappa shape index (κ1) is 17.6. The standard InChI is InChI=1S/C16H21N5O3/c1-4-20(5-2)15(23)10-19(3)14(22)11-21-16(24)12-8-6-7-9-13(12)17-18-21/h6-9H,4-5,10-11H2,1-3H3. The maximum absolute atomic E-state index is 12.3. The van der Waals surface area contributed by atoms with Crippen LogP contribution in [0.5, 0.6) is 0 Å². The Bertz CT molecular complexity index is 798. The Morgan fingerprint density at radius 2 is 1.79 bits per heavy atom. The Morgan fingerprint density at radius 1 is 1.12 bits per heavy atom. The van der Waals surface area contributed by atoms with Crippen molar-refractivity contribution in [1.29, 1.82) is 0 Å². The molecule has 1 aromatic heterocycles. The number of hydrogen-bond acceptors (Lipinski definition) is 5. The number of rotatable bonds is 6. The van der Waals surface area contributed by atoms with Crippen molar-refractivity contribution in [3.63, 3.8) is 0 Å². The average molecular weight is 331 g/mol. The maximum atomic E-state index is 12.3. The van der Waals surface area contributed by atoms with E-state index in [2.05, 4.69) is 10.3 Å². The van der Waals surface area contributed by atoms with Crippen molar-refractivity contribution in [2.45, 2.75) is 20.4 Å². The van der Waals surface area contributed by atoms with Crippen LogP contribution in [0, 0.1) is 0 Å². The van der Waals surface area contributed by atoms with Crippen LogP contribution < -0.4 is 5.56 Å². The van der Waals surface area contributed by atoms with Gasteiger partial charge in [-0.2, -0.15) is 0 Å². The Labute approximate surface area is 139 Å². The van der Waals surface area contributed by atoms with E-state index in [9.17, 15) is 14.4 Å². The van der Waals surface area contributed by atoms with Crippen molar-refractivity contribution in [3.8, 4) is 0 Å². The van der Waals surface area contributed by atoms with E-state index >= 15 is 0 Å². The number of carbonyl (C=O) groups is 2. The molecule has 1 heterocycles. The Kier molecular flexibility index (Phi) is 5.62. The van der Waals surface area contributed by atoms with Gasteiger partial charge in [-0.15, -0.1) is 5.10 Å². The lowest BCUT2D eigenvalue weighted by Crippen LogP contribution is -2.43. The molecule has 0 radical (unpaired) electrons. The van der Waals surface area contributed by atoms with Gasteiger partial charge in [-0.05, 0) is 26.0 Å². The van der Waals surface area contributed by atoms with Gasteiger partial charge in [0, 0.05) is 20.1 Å². The predicted molar refractivity (Wildman–Crippen MR) is 89.4 cm³/mol. The summed E-state index contributed by atoms with van der Waals surface area (Å²) in [5.74, 6) is -0.505. The van der Waals surface area contributed by atoms with Crippen LogP contribution >= 0.6 is 0 Å². The van der Waals surface area contributed by atoms with E-state index in [1.807, 2.05) is 13.8 Å². The summed E-state index contributed by atoms with van der Waals surface area (Å²) in [6.45, 7) is 4.66. The number of fused-ring (bicyclic) bond motifs is 1. The molecule has 1 aromatic carbocycles. The molecule has 0 aliphatic carbocycles. The zero-order chi connectivity index (χ0) is 17.7. The van der Waals surface area contributed by atoms with Crippen molar-refractivity contribution < 1.29 is 9.59 Å². The minimum atomic E-state index is -0.377. The molecule has 0 bridgehead atoms. The molecular weight excluding hydrogens is 310 g/mol. The SMILES string of the molecule is CCN(CC)C(=O)CN(C)C(=O)Cn1nnc2ccccc2c1=O. The van der Waals surface area contributed by atoms with Crippen LogP contribution in [0.25, 0.3) is 10.9 Å². The molecule has 2 amide bonds. The molecule has 128 valence electrons. The zero-order valence-corrected chi connectivity index (χ0v) is 14.1. The molecule has 8 heteroatoms. The van der Waals surface area contributed by atoms with Gasteiger partial charge < -0.3 is 9.80 Å². The van der Waals surface area contributed by atoms with E-state index in [1.165, 1.54) is 11.9 Å². The lowest BCUT2D eigenvalue weighted by atomic mass is 10.2. The van der Waals surface area contributed by atoms with Gasteiger partial charge in [0.15, 0.2) is 0 Å². The summed E-state index contributed by atoms with van der Waals surface area (Å²) in [6.07, 6.45) is 0. The summed E-state index contributed by atoms with van der Waals surface area (Å²) in [4.78, 5) is 39.6. The quantitative estimate of drug-likeness (QED) is 0.750. The molecule has 0 unspecified atom stereocenters.